The maximum Gasteiger partial charge on any atom is 0.354 e. The Balaban J connectivity index is 2.87. The third-order valence-corrected chi connectivity index (χ3v) is 3.44. The Kier molecular flexibility index (Phi) is 3.19. The number of fused-ring (bicyclic) bond motifs is 1. The number of aromatic nitrogens is 1. The standard InChI is InChI=1S/C10H4Br2ClNO2/c11-4-1-6-5(7(12)2-4)3-8(10(15)16)14-9(6)13/h1-3H,(H,15,16). The molecule has 0 aliphatic carbocycles. The van der Waals surface area contributed by atoms with E-state index in [0.29, 0.717) is 5.39 Å². The molecule has 0 fully saturated rings. The molecule has 0 unspecified atom stereocenters. The van der Waals surface area contributed by atoms with Crippen molar-refractivity contribution in [3.63, 3.8) is 0 Å². The van der Waals surface area contributed by atoms with Gasteiger partial charge in [-0.3, -0.25) is 0 Å². The Morgan fingerprint density at radius 1 is 1.25 bits per heavy atom. The van der Waals surface area contributed by atoms with Crippen molar-refractivity contribution in [2.24, 2.45) is 0 Å². The van der Waals surface area contributed by atoms with Crippen molar-refractivity contribution >= 4 is 60.2 Å². The molecule has 1 aromatic carbocycles. The monoisotopic (exact) mass is 363 g/mol. The van der Waals surface area contributed by atoms with E-state index in [1.54, 1.807) is 6.07 Å². The van der Waals surface area contributed by atoms with Crippen LogP contribution in [0.15, 0.2) is 27.1 Å². The zero-order valence-electron chi connectivity index (χ0n) is 7.67. The number of rotatable bonds is 1. The Morgan fingerprint density at radius 3 is 2.56 bits per heavy atom. The molecule has 2 rings (SSSR count). The molecular formula is C10H4Br2ClNO2. The summed E-state index contributed by atoms with van der Waals surface area (Å²) in [5.41, 5.74) is -0.0690. The van der Waals surface area contributed by atoms with Gasteiger partial charge in [0.1, 0.15) is 5.15 Å². The summed E-state index contributed by atoms with van der Waals surface area (Å²) >= 11 is 12.6. The second kappa shape index (κ2) is 4.31. The van der Waals surface area contributed by atoms with Crippen molar-refractivity contribution in [3.05, 3.63) is 38.0 Å². The molecule has 1 heterocycles. The number of hydrogen-bond donors (Lipinski definition) is 1. The molecule has 1 aromatic heterocycles. The van der Waals surface area contributed by atoms with E-state index in [-0.39, 0.29) is 10.8 Å². The van der Waals surface area contributed by atoms with Crippen molar-refractivity contribution in [2.45, 2.75) is 0 Å². The van der Waals surface area contributed by atoms with Gasteiger partial charge < -0.3 is 5.11 Å². The second-order valence-corrected chi connectivity index (χ2v) is 5.21. The van der Waals surface area contributed by atoms with E-state index >= 15 is 0 Å². The summed E-state index contributed by atoms with van der Waals surface area (Å²) in [6, 6.07) is 5.10. The van der Waals surface area contributed by atoms with E-state index in [9.17, 15) is 4.79 Å². The van der Waals surface area contributed by atoms with Gasteiger partial charge in [0.15, 0.2) is 5.69 Å². The predicted molar refractivity (Wildman–Crippen MR) is 69.1 cm³/mol. The van der Waals surface area contributed by atoms with Gasteiger partial charge in [0.05, 0.1) is 0 Å². The molecular weight excluding hydrogens is 361 g/mol. The maximum atomic E-state index is 10.8. The highest BCUT2D eigenvalue weighted by Gasteiger charge is 2.12. The average Bonchev–Trinajstić information content (AvgIpc) is 2.19. The number of pyridine rings is 1. The lowest BCUT2D eigenvalue weighted by atomic mass is 10.1. The number of carbonyl (C=O) groups is 1. The summed E-state index contributed by atoms with van der Waals surface area (Å²) in [4.78, 5) is 14.6. The van der Waals surface area contributed by atoms with Crippen molar-refractivity contribution in [3.8, 4) is 0 Å². The average molecular weight is 365 g/mol. The third-order valence-electron chi connectivity index (χ3n) is 2.04. The van der Waals surface area contributed by atoms with Crippen LogP contribution < -0.4 is 0 Å². The number of aromatic carboxylic acids is 1. The number of nitrogens with zero attached hydrogens (tertiary/aromatic N) is 1. The molecule has 1 N–H and O–H groups in total. The van der Waals surface area contributed by atoms with Gasteiger partial charge in [0, 0.05) is 19.7 Å². The van der Waals surface area contributed by atoms with Crippen LogP contribution in [0.25, 0.3) is 10.8 Å². The smallest absolute Gasteiger partial charge is 0.354 e. The van der Waals surface area contributed by atoms with Crippen LogP contribution in [0.2, 0.25) is 5.15 Å². The molecule has 0 radical (unpaired) electrons. The Hall–Kier alpha value is -0.650. The fourth-order valence-corrected chi connectivity index (χ4v) is 2.93. The van der Waals surface area contributed by atoms with Gasteiger partial charge in [-0.1, -0.05) is 43.5 Å². The van der Waals surface area contributed by atoms with Gasteiger partial charge >= 0.3 is 5.97 Å². The van der Waals surface area contributed by atoms with Crippen LogP contribution in [0.3, 0.4) is 0 Å². The van der Waals surface area contributed by atoms with E-state index in [1.807, 2.05) is 6.07 Å². The molecule has 2 aromatic rings. The van der Waals surface area contributed by atoms with Crippen LogP contribution in [0.1, 0.15) is 10.5 Å². The van der Waals surface area contributed by atoms with Gasteiger partial charge in [0.2, 0.25) is 0 Å². The molecule has 0 aliphatic rings. The molecule has 0 bridgehead atoms. The third kappa shape index (κ3) is 2.07. The fraction of sp³-hybridized carbons (Fsp3) is 0. The zero-order chi connectivity index (χ0) is 11.9. The summed E-state index contributed by atoms with van der Waals surface area (Å²) in [5.74, 6) is -1.10. The first-order valence-corrected chi connectivity index (χ1v) is 6.14. The van der Waals surface area contributed by atoms with Crippen LogP contribution in [-0.2, 0) is 0 Å². The molecule has 0 spiro atoms. The lowest BCUT2D eigenvalue weighted by molar-refractivity contribution is 0.0690. The molecule has 0 amide bonds. The Labute approximate surface area is 113 Å². The van der Waals surface area contributed by atoms with Crippen LogP contribution in [0.4, 0.5) is 0 Å². The van der Waals surface area contributed by atoms with Gasteiger partial charge in [-0.05, 0) is 18.2 Å². The Morgan fingerprint density at radius 2 is 1.94 bits per heavy atom. The summed E-state index contributed by atoms with van der Waals surface area (Å²) in [7, 11) is 0. The van der Waals surface area contributed by atoms with Crippen molar-refractivity contribution in [2.75, 3.05) is 0 Å². The minimum Gasteiger partial charge on any atom is -0.477 e. The van der Waals surface area contributed by atoms with E-state index in [2.05, 4.69) is 36.8 Å². The first-order valence-electron chi connectivity index (χ1n) is 4.17. The van der Waals surface area contributed by atoms with E-state index in [4.69, 9.17) is 16.7 Å². The number of halogens is 3. The quantitative estimate of drug-likeness (QED) is 0.774. The van der Waals surface area contributed by atoms with Crippen molar-refractivity contribution in [1.29, 1.82) is 0 Å². The van der Waals surface area contributed by atoms with Crippen LogP contribution in [0, 0.1) is 0 Å². The summed E-state index contributed by atoms with van der Waals surface area (Å²) < 4.78 is 1.61. The molecule has 16 heavy (non-hydrogen) atoms. The van der Waals surface area contributed by atoms with Crippen LogP contribution >= 0.6 is 43.5 Å². The lowest BCUT2D eigenvalue weighted by Crippen LogP contribution is -2.00. The normalized spacial score (nSPS) is 10.7. The van der Waals surface area contributed by atoms with Crippen molar-refractivity contribution < 1.29 is 9.90 Å². The van der Waals surface area contributed by atoms with Crippen LogP contribution in [-0.4, -0.2) is 16.1 Å². The van der Waals surface area contributed by atoms with E-state index < -0.39 is 5.97 Å². The molecule has 3 nitrogen and oxygen atoms in total. The van der Waals surface area contributed by atoms with E-state index in [0.717, 1.165) is 14.3 Å². The van der Waals surface area contributed by atoms with Crippen molar-refractivity contribution in [1.82, 2.24) is 4.98 Å². The number of hydrogen-bond acceptors (Lipinski definition) is 2. The molecule has 82 valence electrons. The highest BCUT2D eigenvalue weighted by atomic mass is 79.9. The van der Waals surface area contributed by atoms with Gasteiger partial charge in [-0.25, -0.2) is 9.78 Å². The maximum absolute atomic E-state index is 10.8. The highest BCUT2D eigenvalue weighted by Crippen LogP contribution is 2.32. The molecule has 0 atom stereocenters. The molecule has 6 heteroatoms. The summed E-state index contributed by atoms with van der Waals surface area (Å²) in [5, 5.41) is 10.5. The summed E-state index contributed by atoms with van der Waals surface area (Å²) in [6.07, 6.45) is 0. The lowest BCUT2D eigenvalue weighted by Gasteiger charge is -2.05. The summed E-state index contributed by atoms with van der Waals surface area (Å²) in [6.45, 7) is 0. The number of benzene rings is 1. The zero-order valence-corrected chi connectivity index (χ0v) is 11.6. The van der Waals surface area contributed by atoms with E-state index in [1.165, 1.54) is 6.07 Å². The Bertz CT molecular complexity index is 601. The topological polar surface area (TPSA) is 50.2 Å². The minimum atomic E-state index is -1.10. The first-order chi connectivity index (χ1) is 7.49. The van der Waals surface area contributed by atoms with Crippen LogP contribution in [0.5, 0.6) is 0 Å². The SMILES string of the molecule is O=C(O)c1cc2c(Br)cc(Br)cc2c(Cl)n1. The molecule has 0 aliphatic heterocycles. The van der Waals surface area contributed by atoms with Gasteiger partial charge in [0.25, 0.3) is 0 Å². The highest BCUT2D eigenvalue weighted by molar-refractivity contribution is 9.11. The van der Waals surface area contributed by atoms with Gasteiger partial charge in [-0.2, -0.15) is 0 Å². The fourth-order valence-electron chi connectivity index (χ4n) is 1.35. The van der Waals surface area contributed by atoms with Gasteiger partial charge in [-0.15, -0.1) is 0 Å². The first kappa shape index (κ1) is 11.8. The second-order valence-electron chi connectivity index (χ2n) is 3.09. The minimum absolute atomic E-state index is 0.0690. The molecule has 0 saturated carbocycles. The largest absolute Gasteiger partial charge is 0.477 e. The predicted octanol–water partition coefficient (Wildman–Crippen LogP) is 4.11. The number of carboxylic acid groups (broad SMARTS) is 1. The number of carboxylic acids is 1. The molecule has 0 saturated heterocycles.